The molecule has 1 aliphatic carbocycles. The van der Waals surface area contributed by atoms with Crippen molar-refractivity contribution in [3.05, 3.63) is 119 Å². The van der Waals surface area contributed by atoms with Gasteiger partial charge in [-0.25, -0.2) is 0 Å². The summed E-state index contributed by atoms with van der Waals surface area (Å²) < 4.78 is 0. The van der Waals surface area contributed by atoms with Crippen molar-refractivity contribution in [2.24, 2.45) is 0 Å². The Hall–Kier alpha value is -3.66. The van der Waals surface area contributed by atoms with E-state index in [9.17, 15) is 0 Å². The van der Waals surface area contributed by atoms with Crippen LogP contribution in [0.3, 0.4) is 0 Å². The summed E-state index contributed by atoms with van der Waals surface area (Å²) in [5.74, 6) is 0. The third-order valence-corrected chi connectivity index (χ3v) is 5.99. The molecule has 4 heteroatoms. The van der Waals surface area contributed by atoms with E-state index in [1.165, 1.54) is 11.1 Å². The van der Waals surface area contributed by atoms with Gasteiger partial charge in [0.15, 0.2) is 0 Å². The molecule has 0 saturated heterocycles. The van der Waals surface area contributed by atoms with E-state index in [1.54, 1.807) is 0 Å². The zero-order valence-corrected chi connectivity index (χ0v) is 20.9. The Morgan fingerprint density at radius 1 is 1.29 bits per heavy atom. The lowest BCUT2D eigenvalue weighted by Crippen LogP contribution is -2.33. The van der Waals surface area contributed by atoms with E-state index in [0.717, 1.165) is 45.9 Å². The maximum atomic E-state index is 6.35. The number of dihydropyridines is 1. The monoisotopic (exact) mass is 454 g/mol. The molecule has 1 unspecified atom stereocenters. The van der Waals surface area contributed by atoms with Crippen LogP contribution in [0.5, 0.6) is 0 Å². The molecule has 0 bridgehead atoms. The predicted octanol–water partition coefficient (Wildman–Crippen LogP) is 6.03. The minimum atomic E-state index is 0.190. The molecule has 1 atom stereocenters. The van der Waals surface area contributed by atoms with Crippen LogP contribution in [-0.4, -0.2) is 12.1 Å². The van der Waals surface area contributed by atoms with Gasteiger partial charge in [0.05, 0.1) is 6.04 Å². The molecule has 3 rings (SSSR count). The maximum absolute atomic E-state index is 6.35. The van der Waals surface area contributed by atoms with Gasteiger partial charge in [-0.15, -0.1) is 0 Å². The molecule has 1 aliphatic heterocycles. The highest BCUT2D eigenvalue weighted by atomic mass is 15.0. The van der Waals surface area contributed by atoms with Crippen LogP contribution in [-0.2, 0) is 6.42 Å². The van der Waals surface area contributed by atoms with E-state index in [0.29, 0.717) is 12.5 Å². The Kier molecular flexibility index (Phi) is 8.42. The normalized spacial score (nSPS) is 18.1. The van der Waals surface area contributed by atoms with Gasteiger partial charge in [0.2, 0.25) is 0 Å². The Morgan fingerprint density at radius 2 is 2.09 bits per heavy atom. The highest BCUT2D eigenvalue weighted by Crippen LogP contribution is 2.26. The van der Waals surface area contributed by atoms with Crippen LogP contribution in [0, 0.1) is 0 Å². The van der Waals surface area contributed by atoms with E-state index in [2.05, 4.69) is 98.5 Å². The number of allylic oxidation sites excluding steroid dienone is 8. The second kappa shape index (κ2) is 11.5. The molecule has 0 fully saturated rings. The van der Waals surface area contributed by atoms with Crippen LogP contribution < -0.4 is 21.7 Å². The molecule has 0 radical (unpaired) electrons. The van der Waals surface area contributed by atoms with Crippen molar-refractivity contribution in [3.63, 3.8) is 0 Å². The molecule has 34 heavy (non-hydrogen) atoms. The molecule has 178 valence electrons. The van der Waals surface area contributed by atoms with Gasteiger partial charge in [0.1, 0.15) is 0 Å². The number of nitrogens with one attached hydrogen (secondary N) is 3. The SMILES string of the molecule is C=C/C(=C\C(=C/C)c1ccc(N)c(CC(=C)NC2=C(C)C(C3=CCC=C3)NC=C2)c1)NC(C)C. The fourth-order valence-electron chi connectivity index (χ4n) is 4.21. The maximum Gasteiger partial charge on any atom is 0.0739 e. The Labute approximate surface area is 205 Å². The first kappa shape index (κ1) is 25.0. The third-order valence-electron chi connectivity index (χ3n) is 5.99. The molecule has 1 heterocycles. The Bertz CT molecular complexity index is 1120. The molecule has 0 spiro atoms. The van der Waals surface area contributed by atoms with Gasteiger partial charge < -0.3 is 21.7 Å². The van der Waals surface area contributed by atoms with Crippen LogP contribution in [0.4, 0.5) is 5.69 Å². The third kappa shape index (κ3) is 6.22. The quantitative estimate of drug-likeness (QED) is 0.257. The van der Waals surface area contributed by atoms with E-state index in [1.807, 2.05) is 25.3 Å². The first-order chi connectivity index (χ1) is 16.3. The second-order valence-corrected chi connectivity index (χ2v) is 9.04. The van der Waals surface area contributed by atoms with Crippen molar-refractivity contribution in [1.82, 2.24) is 16.0 Å². The molecule has 4 nitrogen and oxygen atoms in total. The number of anilines is 1. The van der Waals surface area contributed by atoms with Crippen molar-refractivity contribution in [2.45, 2.75) is 52.6 Å². The highest BCUT2D eigenvalue weighted by molar-refractivity contribution is 5.76. The zero-order chi connectivity index (χ0) is 24.7. The van der Waals surface area contributed by atoms with Crippen LogP contribution >= 0.6 is 0 Å². The van der Waals surface area contributed by atoms with E-state index in [-0.39, 0.29) is 6.04 Å². The van der Waals surface area contributed by atoms with Crippen LogP contribution in [0.25, 0.3) is 5.57 Å². The number of nitrogen functional groups attached to an aromatic ring is 1. The molecule has 0 aromatic heterocycles. The number of hydrogen-bond acceptors (Lipinski definition) is 4. The predicted molar refractivity (Wildman–Crippen MR) is 148 cm³/mol. The molecular weight excluding hydrogens is 416 g/mol. The van der Waals surface area contributed by atoms with Crippen molar-refractivity contribution in [2.75, 3.05) is 5.73 Å². The van der Waals surface area contributed by atoms with Crippen molar-refractivity contribution in [3.8, 4) is 0 Å². The Morgan fingerprint density at radius 3 is 2.74 bits per heavy atom. The van der Waals surface area contributed by atoms with Gasteiger partial charge in [-0.1, -0.05) is 43.5 Å². The van der Waals surface area contributed by atoms with Crippen LogP contribution in [0.2, 0.25) is 0 Å². The molecule has 5 N–H and O–H groups in total. The van der Waals surface area contributed by atoms with Gasteiger partial charge in [-0.3, -0.25) is 0 Å². The average molecular weight is 455 g/mol. The summed E-state index contributed by atoms with van der Waals surface area (Å²) in [5, 5.41) is 10.4. The van der Waals surface area contributed by atoms with Gasteiger partial charge in [-0.2, -0.15) is 0 Å². The van der Waals surface area contributed by atoms with Gasteiger partial charge in [0, 0.05) is 35.2 Å². The fourth-order valence-corrected chi connectivity index (χ4v) is 4.21. The van der Waals surface area contributed by atoms with Gasteiger partial charge in [0.25, 0.3) is 0 Å². The lowest BCUT2D eigenvalue weighted by molar-refractivity contribution is 0.682. The van der Waals surface area contributed by atoms with Gasteiger partial charge in [-0.05, 0) is 98.5 Å². The zero-order valence-electron chi connectivity index (χ0n) is 20.9. The largest absolute Gasteiger partial charge is 0.398 e. The first-order valence-corrected chi connectivity index (χ1v) is 11.9. The van der Waals surface area contributed by atoms with Crippen LogP contribution in [0.1, 0.15) is 45.2 Å². The number of rotatable bonds is 10. The Balaban J connectivity index is 1.77. The molecule has 0 amide bonds. The molecule has 2 aliphatic rings. The topological polar surface area (TPSA) is 62.1 Å². The lowest BCUT2D eigenvalue weighted by Gasteiger charge is -2.26. The average Bonchev–Trinajstić information content (AvgIpc) is 3.34. The molecule has 1 aromatic rings. The highest BCUT2D eigenvalue weighted by Gasteiger charge is 2.20. The minimum Gasteiger partial charge on any atom is -0.398 e. The lowest BCUT2D eigenvalue weighted by atomic mass is 9.96. The summed E-state index contributed by atoms with van der Waals surface area (Å²) in [6.07, 6.45) is 18.4. The molecule has 1 aromatic carbocycles. The summed E-state index contributed by atoms with van der Waals surface area (Å²) in [6, 6.07) is 6.71. The minimum absolute atomic E-state index is 0.190. The van der Waals surface area contributed by atoms with Crippen LogP contribution in [0.15, 0.2) is 108 Å². The molecular formula is C30H38N4. The molecule has 0 saturated carbocycles. The first-order valence-electron chi connectivity index (χ1n) is 11.9. The van der Waals surface area contributed by atoms with Crippen molar-refractivity contribution < 1.29 is 0 Å². The standard InChI is InChI=1S/C30H38N4/c1-7-23(19-27(8-2)33-20(3)4)25-13-14-28(31)26(18-25)17-21(5)34-29-15-16-32-30(22(29)6)24-11-9-10-12-24/h7-9,11-16,18-20,30,32-34H,2,5,10,17,31H2,1,3-4,6H3/b23-7+,27-19+. The number of nitrogens with two attached hydrogens (primary N) is 1. The summed E-state index contributed by atoms with van der Waals surface area (Å²) in [4.78, 5) is 0. The summed E-state index contributed by atoms with van der Waals surface area (Å²) in [6.45, 7) is 16.7. The van der Waals surface area contributed by atoms with Crippen molar-refractivity contribution in [1.29, 1.82) is 0 Å². The fraction of sp³-hybridized carbons (Fsp3) is 0.267. The smallest absolute Gasteiger partial charge is 0.0739 e. The van der Waals surface area contributed by atoms with E-state index in [4.69, 9.17) is 5.73 Å². The van der Waals surface area contributed by atoms with Gasteiger partial charge >= 0.3 is 0 Å². The van der Waals surface area contributed by atoms with E-state index < -0.39 is 0 Å². The van der Waals surface area contributed by atoms with E-state index >= 15 is 0 Å². The number of benzene rings is 1. The summed E-state index contributed by atoms with van der Waals surface area (Å²) in [5.41, 5.74) is 15.9. The summed E-state index contributed by atoms with van der Waals surface area (Å²) in [7, 11) is 0. The second-order valence-electron chi connectivity index (χ2n) is 9.04. The summed E-state index contributed by atoms with van der Waals surface area (Å²) >= 11 is 0. The van der Waals surface area contributed by atoms with Crippen molar-refractivity contribution >= 4 is 11.3 Å². The number of hydrogen-bond donors (Lipinski definition) is 4.